The highest BCUT2D eigenvalue weighted by Crippen LogP contribution is 2.23. The van der Waals surface area contributed by atoms with Gasteiger partial charge in [0, 0.05) is 25.0 Å². The average molecular weight is 380 g/mol. The number of fused-ring (bicyclic) bond motifs is 1. The third-order valence-corrected chi connectivity index (χ3v) is 3.89. The second kappa shape index (κ2) is 7.87. The van der Waals surface area contributed by atoms with Gasteiger partial charge in [-0.15, -0.1) is 0 Å². The van der Waals surface area contributed by atoms with E-state index in [2.05, 4.69) is 30.2 Å². The van der Waals surface area contributed by atoms with E-state index in [9.17, 15) is 8.78 Å². The lowest BCUT2D eigenvalue weighted by Crippen LogP contribution is -2.08. The molecule has 0 spiro atoms. The molecule has 0 fully saturated rings. The third kappa shape index (κ3) is 3.98. The zero-order chi connectivity index (χ0) is 19.3. The number of aromatic nitrogens is 5. The van der Waals surface area contributed by atoms with Crippen molar-refractivity contribution in [2.24, 2.45) is 0 Å². The maximum absolute atomic E-state index is 13.6. The Labute approximate surface area is 158 Å². The van der Waals surface area contributed by atoms with E-state index in [1.165, 1.54) is 6.33 Å². The number of nitrogens with one attached hydrogen (secondary N) is 1. The molecule has 1 aromatic carbocycles. The Balaban J connectivity index is 1.37. The number of benzene rings is 1. The molecule has 3 aromatic heterocycles. The molecule has 0 aliphatic rings. The van der Waals surface area contributed by atoms with Gasteiger partial charge in [0.05, 0.1) is 6.20 Å². The standard InChI is InChI=1S/C19H14F2N6O/c20-13-9-15(21)19(25-10-13)28-14-3-1-12(2-4-14)5-6-23-17-16-18(27-11-26-17)24-8-7-22-16/h1-4,7-11H,5-6H2,(H,23,24,26,27). The van der Waals surface area contributed by atoms with Crippen LogP contribution in [-0.2, 0) is 6.42 Å². The summed E-state index contributed by atoms with van der Waals surface area (Å²) in [5.74, 6) is -0.848. The molecule has 0 bridgehead atoms. The van der Waals surface area contributed by atoms with E-state index in [0.717, 1.165) is 24.2 Å². The molecule has 0 unspecified atom stereocenters. The van der Waals surface area contributed by atoms with Crippen molar-refractivity contribution in [1.29, 1.82) is 0 Å². The summed E-state index contributed by atoms with van der Waals surface area (Å²) in [6, 6.07) is 7.84. The first kappa shape index (κ1) is 17.7. The fourth-order valence-corrected chi connectivity index (χ4v) is 2.56. The number of hydrogen-bond donors (Lipinski definition) is 1. The minimum atomic E-state index is -0.853. The van der Waals surface area contributed by atoms with Gasteiger partial charge >= 0.3 is 0 Å². The zero-order valence-corrected chi connectivity index (χ0v) is 14.5. The summed E-state index contributed by atoms with van der Waals surface area (Å²) in [7, 11) is 0. The fourth-order valence-electron chi connectivity index (χ4n) is 2.56. The van der Waals surface area contributed by atoms with Gasteiger partial charge in [0.15, 0.2) is 17.3 Å². The van der Waals surface area contributed by atoms with Crippen molar-refractivity contribution in [3.05, 3.63) is 72.4 Å². The molecule has 28 heavy (non-hydrogen) atoms. The summed E-state index contributed by atoms with van der Waals surface area (Å²) in [6.45, 7) is 0.622. The van der Waals surface area contributed by atoms with E-state index in [1.54, 1.807) is 24.5 Å². The van der Waals surface area contributed by atoms with Crippen LogP contribution < -0.4 is 10.1 Å². The topological polar surface area (TPSA) is 85.7 Å². The predicted octanol–water partition coefficient (Wildman–Crippen LogP) is 3.54. The van der Waals surface area contributed by atoms with Gasteiger partial charge < -0.3 is 10.1 Å². The van der Waals surface area contributed by atoms with Crippen molar-refractivity contribution in [1.82, 2.24) is 24.9 Å². The molecule has 7 nitrogen and oxygen atoms in total. The molecule has 3 heterocycles. The van der Waals surface area contributed by atoms with Crippen molar-refractivity contribution < 1.29 is 13.5 Å². The molecule has 0 amide bonds. The van der Waals surface area contributed by atoms with Crippen molar-refractivity contribution in [3.8, 4) is 11.6 Å². The fraction of sp³-hybridized carbons (Fsp3) is 0.105. The number of ether oxygens (including phenoxy) is 1. The first-order valence-corrected chi connectivity index (χ1v) is 8.42. The van der Waals surface area contributed by atoms with Crippen LogP contribution in [0.15, 0.2) is 55.2 Å². The van der Waals surface area contributed by atoms with Gasteiger partial charge in [-0.2, -0.15) is 0 Å². The summed E-state index contributed by atoms with van der Waals surface area (Å²) in [5, 5.41) is 3.22. The molecule has 4 aromatic rings. The SMILES string of the molecule is Fc1cnc(Oc2ccc(CCNc3ncnc4nccnc34)cc2)c(F)c1. The van der Waals surface area contributed by atoms with E-state index in [-0.39, 0.29) is 5.88 Å². The molecule has 0 saturated heterocycles. The average Bonchev–Trinajstić information content (AvgIpc) is 2.71. The summed E-state index contributed by atoms with van der Waals surface area (Å²) >= 11 is 0. The van der Waals surface area contributed by atoms with E-state index in [0.29, 0.717) is 29.3 Å². The molecule has 0 saturated carbocycles. The van der Waals surface area contributed by atoms with Crippen molar-refractivity contribution >= 4 is 17.0 Å². The summed E-state index contributed by atoms with van der Waals surface area (Å²) in [4.78, 5) is 20.3. The Bertz CT molecular complexity index is 1100. The predicted molar refractivity (Wildman–Crippen MR) is 98.0 cm³/mol. The lowest BCUT2D eigenvalue weighted by Gasteiger charge is -2.08. The second-order valence-electron chi connectivity index (χ2n) is 5.81. The molecule has 140 valence electrons. The summed E-state index contributed by atoms with van der Waals surface area (Å²) < 4.78 is 31.8. The van der Waals surface area contributed by atoms with E-state index < -0.39 is 11.6 Å². The Hall–Kier alpha value is -3.75. The first-order chi connectivity index (χ1) is 13.7. The molecule has 1 N–H and O–H groups in total. The van der Waals surface area contributed by atoms with Gasteiger partial charge in [-0.3, -0.25) is 0 Å². The van der Waals surface area contributed by atoms with E-state index in [4.69, 9.17) is 4.74 Å². The van der Waals surface area contributed by atoms with Crippen LogP contribution in [0.25, 0.3) is 11.2 Å². The van der Waals surface area contributed by atoms with Crippen LogP contribution in [0.5, 0.6) is 11.6 Å². The molecule has 0 radical (unpaired) electrons. The van der Waals surface area contributed by atoms with E-state index in [1.807, 2.05) is 12.1 Å². The van der Waals surface area contributed by atoms with Crippen LogP contribution in [0.3, 0.4) is 0 Å². The third-order valence-electron chi connectivity index (χ3n) is 3.89. The zero-order valence-electron chi connectivity index (χ0n) is 14.5. The Morgan fingerprint density at radius 3 is 2.57 bits per heavy atom. The molecule has 0 atom stereocenters. The quantitative estimate of drug-likeness (QED) is 0.547. The van der Waals surface area contributed by atoms with Crippen LogP contribution in [-0.4, -0.2) is 31.5 Å². The van der Waals surface area contributed by atoms with Crippen molar-refractivity contribution in [2.45, 2.75) is 6.42 Å². The van der Waals surface area contributed by atoms with E-state index >= 15 is 0 Å². The maximum atomic E-state index is 13.6. The van der Waals surface area contributed by atoms with Crippen LogP contribution in [0, 0.1) is 11.6 Å². The molecule has 0 aliphatic carbocycles. The lowest BCUT2D eigenvalue weighted by atomic mass is 10.1. The normalized spacial score (nSPS) is 10.8. The minimum absolute atomic E-state index is 0.271. The first-order valence-electron chi connectivity index (χ1n) is 8.42. The number of pyridine rings is 1. The minimum Gasteiger partial charge on any atom is -0.436 e. The van der Waals surface area contributed by atoms with Gasteiger partial charge in [0.2, 0.25) is 0 Å². The largest absolute Gasteiger partial charge is 0.436 e. The second-order valence-corrected chi connectivity index (χ2v) is 5.81. The van der Waals surface area contributed by atoms with Gasteiger partial charge in [0.1, 0.15) is 23.4 Å². The van der Waals surface area contributed by atoms with Crippen LogP contribution in [0.4, 0.5) is 14.6 Å². The molecular weight excluding hydrogens is 366 g/mol. The van der Waals surface area contributed by atoms with Gasteiger partial charge in [-0.25, -0.2) is 33.7 Å². The number of rotatable bonds is 6. The number of hydrogen-bond acceptors (Lipinski definition) is 7. The Morgan fingerprint density at radius 2 is 1.75 bits per heavy atom. The van der Waals surface area contributed by atoms with Crippen molar-refractivity contribution in [2.75, 3.05) is 11.9 Å². The van der Waals surface area contributed by atoms with Gasteiger partial charge in [-0.1, -0.05) is 12.1 Å². The summed E-state index contributed by atoms with van der Waals surface area (Å²) in [6.07, 6.45) is 6.23. The van der Waals surface area contributed by atoms with Crippen LogP contribution in [0.1, 0.15) is 5.56 Å². The molecular formula is C19H14F2N6O. The van der Waals surface area contributed by atoms with Gasteiger partial charge in [0.25, 0.3) is 5.88 Å². The Morgan fingerprint density at radius 1 is 0.929 bits per heavy atom. The lowest BCUT2D eigenvalue weighted by molar-refractivity contribution is 0.416. The highest BCUT2D eigenvalue weighted by atomic mass is 19.1. The highest BCUT2D eigenvalue weighted by Gasteiger charge is 2.08. The summed E-state index contributed by atoms with van der Waals surface area (Å²) in [5.41, 5.74) is 2.18. The number of nitrogens with zero attached hydrogens (tertiary/aromatic N) is 5. The number of anilines is 1. The van der Waals surface area contributed by atoms with Crippen LogP contribution in [0.2, 0.25) is 0 Å². The Kier molecular flexibility index (Phi) is 4.96. The van der Waals surface area contributed by atoms with Crippen molar-refractivity contribution in [3.63, 3.8) is 0 Å². The highest BCUT2D eigenvalue weighted by molar-refractivity contribution is 5.81. The monoisotopic (exact) mass is 380 g/mol. The smallest absolute Gasteiger partial charge is 0.256 e. The molecule has 0 aliphatic heterocycles. The number of halogens is 2. The molecule has 9 heteroatoms. The van der Waals surface area contributed by atoms with Gasteiger partial charge in [-0.05, 0) is 24.1 Å². The van der Waals surface area contributed by atoms with Crippen LogP contribution >= 0.6 is 0 Å². The maximum Gasteiger partial charge on any atom is 0.256 e. The molecule has 4 rings (SSSR count).